The number of hydrogen-bond acceptors (Lipinski definition) is 5. The molecule has 1 N–H and O–H groups in total. The SMILES string of the molecule is CC[C@@H]1CCN[C@@H](c2nnc(S)o2)C1. The minimum atomic E-state index is 0.224. The molecule has 0 amide bonds. The lowest BCUT2D eigenvalue weighted by molar-refractivity contribution is 0.254. The molecule has 0 aromatic carbocycles. The summed E-state index contributed by atoms with van der Waals surface area (Å²) >= 11 is 4.00. The van der Waals surface area contributed by atoms with Crippen LogP contribution < -0.4 is 5.32 Å². The summed E-state index contributed by atoms with van der Waals surface area (Å²) in [7, 11) is 0. The van der Waals surface area contributed by atoms with Crippen LogP contribution in [0.5, 0.6) is 0 Å². The van der Waals surface area contributed by atoms with Gasteiger partial charge in [0.2, 0.25) is 5.89 Å². The summed E-state index contributed by atoms with van der Waals surface area (Å²) in [6, 6.07) is 0.224. The van der Waals surface area contributed by atoms with Crippen LogP contribution in [-0.4, -0.2) is 16.7 Å². The Kier molecular flexibility index (Phi) is 3.08. The molecule has 0 saturated carbocycles. The summed E-state index contributed by atoms with van der Waals surface area (Å²) in [5.74, 6) is 1.45. The molecular weight excluding hydrogens is 198 g/mol. The molecule has 4 nitrogen and oxygen atoms in total. The van der Waals surface area contributed by atoms with Crippen LogP contribution >= 0.6 is 12.6 Å². The molecule has 0 spiro atoms. The largest absolute Gasteiger partial charge is 0.414 e. The van der Waals surface area contributed by atoms with Gasteiger partial charge in [0.15, 0.2) is 0 Å². The van der Waals surface area contributed by atoms with Gasteiger partial charge < -0.3 is 9.73 Å². The highest BCUT2D eigenvalue weighted by Gasteiger charge is 2.25. The topological polar surface area (TPSA) is 51.0 Å². The first-order valence-electron chi connectivity index (χ1n) is 5.05. The van der Waals surface area contributed by atoms with Crippen molar-refractivity contribution in [2.45, 2.75) is 37.5 Å². The van der Waals surface area contributed by atoms with E-state index in [1.165, 1.54) is 12.8 Å². The molecule has 1 aliphatic heterocycles. The molecule has 0 unspecified atom stereocenters. The highest BCUT2D eigenvalue weighted by molar-refractivity contribution is 7.80. The average Bonchev–Trinajstić information content (AvgIpc) is 2.65. The molecule has 2 rings (SSSR count). The van der Waals surface area contributed by atoms with E-state index in [-0.39, 0.29) is 6.04 Å². The number of aromatic nitrogens is 2. The van der Waals surface area contributed by atoms with Crippen molar-refractivity contribution in [3.63, 3.8) is 0 Å². The highest BCUT2D eigenvalue weighted by Crippen LogP contribution is 2.28. The zero-order valence-corrected chi connectivity index (χ0v) is 9.13. The minimum absolute atomic E-state index is 0.224. The molecule has 14 heavy (non-hydrogen) atoms. The van der Waals surface area contributed by atoms with E-state index in [9.17, 15) is 0 Å². The lowest BCUT2D eigenvalue weighted by Crippen LogP contribution is -2.31. The van der Waals surface area contributed by atoms with Gasteiger partial charge in [-0.05, 0) is 25.3 Å². The van der Waals surface area contributed by atoms with Gasteiger partial charge in [0.25, 0.3) is 5.22 Å². The van der Waals surface area contributed by atoms with Crippen molar-refractivity contribution in [3.05, 3.63) is 5.89 Å². The van der Waals surface area contributed by atoms with Crippen LogP contribution in [0.15, 0.2) is 9.64 Å². The minimum Gasteiger partial charge on any atom is -0.414 e. The lowest BCUT2D eigenvalue weighted by Gasteiger charge is -2.27. The molecule has 2 heterocycles. The smallest absolute Gasteiger partial charge is 0.273 e. The summed E-state index contributed by atoms with van der Waals surface area (Å²) in [6.07, 6.45) is 3.56. The second kappa shape index (κ2) is 4.31. The third-order valence-electron chi connectivity index (χ3n) is 2.82. The first kappa shape index (κ1) is 9.98. The number of rotatable bonds is 2. The molecule has 0 radical (unpaired) electrons. The summed E-state index contributed by atoms with van der Waals surface area (Å²) in [4.78, 5) is 0. The average molecular weight is 213 g/mol. The molecule has 1 aromatic heterocycles. The number of thiol groups is 1. The second-order valence-electron chi connectivity index (χ2n) is 3.73. The lowest BCUT2D eigenvalue weighted by atomic mass is 9.90. The molecule has 1 aromatic rings. The molecule has 1 fully saturated rings. The van der Waals surface area contributed by atoms with E-state index in [1.54, 1.807) is 0 Å². The summed E-state index contributed by atoms with van der Waals surface area (Å²) < 4.78 is 5.30. The maximum Gasteiger partial charge on any atom is 0.273 e. The van der Waals surface area contributed by atoms with Gasteiger partial charge in [0, 0.05) is 0 Å². The van der Waals surface area contributed by atoms with Crippen molar-refractivity contribution in [3.8, 4) is 0 Å². The van der Waals surface area contributed by atoms with Crippen LogP contribution in [0.4, 0.5) is 0 Å². The van der Waals surface area contributed by atoms with Crippen molar-refractivity contribution in [1.82, 2.24) is 15.5 Å². The summed E-state index contributed by atoms with van der Waals surface area (Å²) in [5.41, 5.74) is 0. The van der Waals surface area contributed by atoms with Gasteiger partial charge in [-0.25, -0.2) is 0 Å². The van der Waals surface area contributed by atoms with Crippen molar-refractivity contribution < 1.29 is 4.42 Å². The van der Waals surface area contributed by atoms with Gasteiger partial charge in [0.1, 0.15) is 0 Å². The summed E-state index contributed by atoms with van der Waals surface area (Å²) in [5, 5.41) is 11.4. The predicted octanol–water partition coefficient (Wildman–Crippen LogP) is 1.81. The van der Waals surface area contributed by atoms with Crippen molar-refractivity contribution in [2.75, 3.05) is 6.54 Å². The van der Waals surface area contributed by atoms with Gasteiger partial charge in [-0.3, -0.25) is 0 Å². The number of piperidine rings is 1. The molecule has 1 saturated heterocycles. The molecule has 0 bridgehead atoms. The van der Waals surface area contributed by atoms with Crippen LogP contribution in [0.2, 0.25) is 0 Å². The van der Waals surface area contributed by atoms with Gasteiger partial charge in [-0.2, -0.15) is 0 Å². The maximum atomic E-state index is 5.30. The maximum absolute atomic E-state index is 5.30. The van der Waals surface area contributed by atoms with Crippen molar-refractivity contribution in [2.24, 2.45) is 5.92 Å². The molecule has 5 heteroatoms. The van der Waals surface area contributed by atoms with E-state index < -0.39 is 0 Å². The molecule has 2 atom stereocenters. The first-order valence-corrected chi connectivity index (χ1v) is 5.50. The van der Waals surface area contributed by atoms with Gasteiger partial charge in [0.05, 0.1) is 6.04 Å². The molecule has 0 aliphatic carbocycles. The van der Waals surface area contributed by atoms with Gasteiger partial charge in [-0.15, -0.1) is 10.2 Å². The van der Waals surface area contributed by atoms with E-state index in [2.05, 4.69) is 35.1 Å². The number of hydrogen-bond donors (Lipinski definition) is 2. The second-order valence-corrected chi connectivity index (χ2v) is 4.11. The van der Waals surface area contributed by atoms with Crippen molar-refractivity contribution in [1.29, 1.82) is 0 Å². The standard InChI is InChI=1S/C9H15N3OS/c1-2-6-3-4-10-7(5-6)8-11-12-9(14)13-8/h6-7,10H,2-5H2,1H3,(H,12,14)/t6-,7-/m1/s1. The fourth-order valence-electron chi connectivity index (χ4n) is 1.92. The zero-order chi connectivity index (χ0) is 9.97. The van der Waals surface area contributed by atoms with Crippen molar-refractivity contribution >= 4 is 12.6 Å². The fraction of sp³-hybridized carbons (Fsp3) is 0.778. The van der Waals surface area contributed by atoms with Crippen LogP contribution in [0.1, 0.15) is 38.1 Å². The van der Waals surface area contributed by atoms with E-state index in [4.69, 9.17) is 4.42 Å². The van der Waals surface area contributed by atoms with Crippen LogP contribution in [0.3, 0.4) is 0 Å². The van der Waals surface area contributed by atoms with E-state index in [1.807, 2.05) is 0 Å². The Balaban J connectivity index is 2.04. The summed E-state index contributed by atoms with van der Waals surface area (Å²) in [6.45, 7) is 3.26. The van der Waals surface area contributed by atoms with E-state index >= 15 is 0 Å². The Bertz CT molecular complexity index is 302. The third-order valence-corrected chi connectivity index (χ3v) is 3.00. The Morgan fingerprint density at radius 2 is 2.43 bits per heavy atom. The number of nitrogens with zero attached hydrogens (tertiary/aromatic N) is 2. The molecular formula is C9H15N3OS. The Morgan fingerprint density at radius 3 is 3.07 bits per heavy atom. The van der Waals surface area contributed by atoms with Gasteiger partial charge in [-0.1, -0.05) is 26.0 Å². The van der Waals surface area contributed by atoms with Crippen LogP contribution in [-0.2, 0) is 0 Å². The normalized spacial score (nSPS) is 27.9. The Labute approximate surface area is 88.9 Å². The predicted molar refractivity (Wildman–Crippen MR) is 55.3 cm³/mol. The number of nitrogens with one attached hydrogen (secondary N) is 1. The first-order chi connectivity index (χ1) is 6.79. The third kappa shape index (κ3) is 2.09. The molecule has 78 valence electrons. The monoisotopic (exact) mass is 213 g/mol. The van der Waals surface area contributed by atoms with E-state index in [0.717, 1.165) is 18.9 Å². The van der Waals surface area contributed by atoms with Crippen LogP contribution in [0.25, 0.3) is 0 Å². The van der Waals surface area contributed by atoms with Crippen LogP contribution in [0, 0.1) is 5.92 Å². The van der Waals surface area contributed by atoms with Gasteiger partial charge >= 0.3 is 0 Å². The highest BCUT2D eigenvalue weighted by atomic mass is 32.1. The molecule has 1 aliphatic rings. The zero-order valence-electron chi connectivity index (χ0n) is 8.23. The quantitative estimate of drug-likeness (QED) is 0.736. The Hall–Kier alpha value is -0.550. The fourth-order valence-corrected chi connectivity index (χ4v) is 2.06. The van der Waals surface area contributed by atoms with E-state index in [0.29, 0.717) is 11.1 Å². The Morgan fingerprint density at radius 1 is 1.57 bits per heavy atom.